The molecule has 3 heterocycles. The minimum absolute atomic E-state index is 0.0261. The number of nitrogens with one attached hydrogen (secondary N) is 1. The molecule has 1 N–H and O–H groups in total. The summed E-state index contributed by atoms with van der Waals surface area (Å²) in [6.45, 7) is 1.78. The first kappa shape index (κ1) is 19.0. The molecule has 0 atom stereocenters. The second-order valence-electron chi connectivity index (χ2n) is 6.92. The number of anilines is 1. The van der Waals surface area contributed by atoms with Crippen LogP contribution in [0, 0.1) is 6.92 Å². The van der Waals surface area contributed by atoms with Crippen LogP contribution in [0.25, 0.3) is 32.4 Å². The van der Waals surface area contributed by atoms with E-state index in [2.05, 4.69) is 28.4 Å². The van der Waals surface area contributed by atoms with Crippen LogP contribution in [0.1, 0.15) is 5.56 Å². The summed E-state index contributed by atoms with van der Waals surface area (Å²) in [5.74, 6) is -0.789. The molecule has 5 rings (SSSR count). The van der Waals surface area contributed by atoms with Crippen LogP contribution in [-0.2, 0) is 11.3 Å². The average Bonchev–Trinajstić information content (AvgIpc) is 3.49. The van der Waals surface area contributed by atoms with Crippen molar-refractivity contribution >= 4 is 33.1 Å². The number of fused-ring (bicyclic) bond motifs is 1. The van der Waals surface area contributed by atoms with Crippen LogP contribution in [0.2, 0.25) is 0 Å². The van der Waals surface area contributed by atoms with Crippen LogP contribution in [-0.4, -0.2) is 20.7 Å². The Kier molecular flexibility index (Phi) is 4.72. The average molecular weight is 432 g/mol. The Morgan fingerprint density at radius 1 is 1.16 bits per heavy atom. The smallest absolute Gasteiger partial charge is 0.437 e. The SMILES string of the molecule is Cc1ccc2nc(-c3ccc(NC(=O)Cn4nc(-c5ccco5)oc4=O)cc3)sc2c1. The quantitative estimate of drug-likeness (QED) is 0.444. The van der Waals surface area contributed by atoms with E-state index in [4.69, 9.17) is 8.83 Å². The van der Waals surface area contributed by atoms with Gasteiger partial charge in [0.15, 0.2) is 5.76 Å². The van der Waals surface area contributed by atoms with Gasteiger partial charge in [0.1, 0.15) is 11.6 Å². The molecule has 8 nitrogen and oxygen atoms in total. The molecule has 9 heteroatoms. The molecule has 0 saturated heterocycles. The molecular weight excluding hydrogens is 416 g/mol. The summed E-state index contributed by atoms with van der Waals surface area (Å²) in [5, 5.41) is 7.66. The molecule has 154 valence electrons. The van der Waals surface area contributed by atoms with E-state index in [1.54, 1.807) is 35.6 Å². The summed E-state index contributed by atoms with van der Waals surface area (Å²) in [4.78, 5) is 28.9. The van der Waals surface area contributed by atoms with Gasteiger partial charge in [0, 0.05) is 11.3 Å². The first-order valence-electron chi connectivity index (χ1n) is 9.44. The van der Waals surface area contributed by atoms with Gasteiger partial charge in [-0.3, -0.25) is 4.79 Å². The number of benzene rings is 2. The molecule has 0 fully saturated rings. The van der Waals surface area contributed by atoms with Gasteiger partial charge in [0.25, 0.3) is 5.89 Å². The predicted octanol–water partition coefficient (Wildman–Crippen LogP) is 4.32. The maximum Gasteiger partial charge on any atom is 0.437 e. The lowest BCUT2D eigenvalue weighted by Crippen LogP contribution is -2.25. The zero-order chi connectivity index (χ0) is 21.4. The molecule has 2 aromatic carbocycles. The largest absolute Gasteiger partial charge is 0.459 e. The van der Waals surface area contributed by atoms with Crippen LogP contribution in [0.4, 0.5) is 5.69 Å². The lowest BCUT2D eigenvalue weighted by molar-refractivity contribution is -0.117. The molecule has 0 aliphatic rings. The van der Waals surface area contributed by atoms with Gasteiger partial charge < -0.3 is 14.2 Å². The molecule has 31 heavy (non-hydrogen) atoms. The van der Waals surface area contributed by atoms with Crippen LogP contribution in [0.3, 0.4) is 0 Å². The number of aromatic nitrogens is 3. The topological polar surface area (TPSA) is 103 Å². The highest BCUT2D eigenvalue weighted by Gasteiger charge is 2.15. The van der Waals surface area contributed by atoms with Crippen molar-refractivity contribution in [3.8, 4) is 22.2 Å². The molecule has 5 aromatic rings. The number of furan rings is 1. The lowest BCUT2D eigenvalue weighted by Gasteiger charge is -2.05. The van der Waals surface area contributed by atoms with Crippen LogP contribution in [0.15, 0.2) is 74.5 Å². The number of carbonyl (C=O) groups excluding carboxylic acids is 1. The van der Waals surface area contributed by atoms with Crippen molar-refractivity contribution in [2.24, 2.45) is 0 Å². The van der Waals surface area contributed by atoms with E-state index in [0.717, 1.165) is 25.5 Å². The third-order valence-corrected chi connectivity index (χ3v) is 5.66. The molecule has 0 radical (unpaired) electrons. The van der Waals surface area contributed by atoms with Gasteiger partial charge in [-0.25, -0.2) is 9.78 Å². The lowest BCUT2D eigenvalue weighted by atomic mass is 10.2. The zero-order valence-corrected chi connectivity index (χ0v) is 17.2. The number of thiazole rings is 1. The summed E-state index contributed by atoms with van der Waals surface area (Å²) >= 11 is 1.63. The second-order valence-corrected chi connectivity index (χ2v) is 7.95. The van der Waals surface area contributed by atoms with Crippen molar-refractivity contribution in [3.05, 3.63) is 77.0 Å². The van der Waals surface area contributed by atoms with E-state index in [1.807, 2.05) is 24.3 Å². The fourth-order valence-electron chi connectivity index (χ4n) is 3.09. The van der Waals surface area contributed by atoms with E-state index in [9.17, 15) is 9.59 Å². The van der Waals surface area contributed by atoms with E-state index >= 15 is 0 Å². The van der Waals surface area contributed by atoms with Crippen LogP contribution in [0.5, 0.6) is 0 Å². The van der Waals surface area contributed by atoms with Crippen molar-refractivity contribution < 1.29 is 13.6 Å². The summed E-state index contributed by atoms with van der Waals surface area (Å²) in [6, 6.07) is 16.8. The third kappa shape index (κ3) is 3.90. The molecule has 0 unspecified atom stereocenters. The highest BCUT2D eigenvalue weighted by Crippen LogP contribution is 2.31. The van der Waals surface area contributed by atoms with E-state index in [1.165, 1.54) is 11.8 Å². The first-order valence-corrected chi connectivity index (χ1v) is 10.3. The normalized spacial score (nSPS) is 11.1. The summed E-state index contributed by atoms with van der Waals surface area (Å²) in [5.41, 5.74) is 3.74. The van der Waals surface area contributed by atoms with Crippen molar-refractivity contribution in [1.82, 2.24) is 14.8 Å². The molecular formula is C22H16N4O4S. The molecule has 0 spiro atoms. The molecule has 1 amide bonds. The standard InChI is InChI=1S/C22H16N4O4S/c1-13-4-9-16-18(11-13)31-21(24-16)14-5-7-15(8-6-14)23-19(27)12-26-22(28)30-20(25-26)17-3-2-10-29-17/h2-11H,12H2,1H3,(H,23,27). The van der Waals surface area contributed by atoms with Crippen molar-refractivity contribution in [2.75, 3.05) is 5.32 Å². The third-order valence-electron chi connectivity index (χ3n) is 4.59. The van der Waals surface area contributed by atoms with Gasteiger partial charge in [-0.15, -0.1) is 16.4 Å². The van der Waals surface area contributed by atoms with Crippen molar-refractivity contribution in [3.63, 3.8) is 0 Å². The first-order chi connectivity index (χ1) is 15.0. The number of hydrogen-bond donors (Lipinski definition) is 1. The number of aryl methyl sites for hydroxylation is 1. The molecule has 0 aliphatic heterocycles. The monoisotopic (exact) mass is 432 g/mol. The highest BCUT2D eigenvalue weighted by atomic mass is 32.1. The Morgan fingerprint density at radius 3 is 2.77 bits per heavy atom. The van der Waals surface area contributed by atoms with Gasteiger partial charge >= 0.3 is 5.76 Å². The number of nitrogens with zero attached hydrogens (tertiary/aromatic N) is 3. The van der Waals surface area contributed by atoms with Crippen LogP contribution >= 0.6 is 11.3 Å². The number of amides is 1. The number of hydrogen-bond acceptors (Lipinski definition) is 7. The fraction of sp³-hybridized carbons (Fsp3) is 0.0909. The number of rotatable bonds is 5. The van der Waals surface area contributed by atoms with Gasteiger partial charge in [-0.2, -0.15) is 4.68 Å². The van der Waals surface area contributed by atoms with Gasteiger partial charge in [-0.05, 0) is 61.0 Å². The molecule has 0 saturated carbocycles. The van der Waals surface area contributed by atoms with E-state index < -0.39 is 11.7 Å². The Morgan fingerprint density at radius 2 is 2.00 bits per heavy atom. The maximum absolute atomic E-state index is 12.3. The summed E-state index contributed by atoms with van der Waals surface area (Å²) < 4.78 is 12.3. The van der Waals surface area contributed by atoms with Gasteiger partial charge in [-0.1, -0.05) is 6.07 Å². The van der Waals surface area contributed by atoms with Crippen molar-refractivity contribution in [2.45, 2.75) is 13.5 Å². The van der Waals surface area contributed by atoms with Crippen LogP contribution < -0.4 is 11.1 Å². The Hall–Kier alpha value is -3.98. The van der Waals surface area contributed by atoms with E-state index in [-0.39, 0.29) is 12.4 Å². The van der Waals surface area contributed by atoms with Crippen molar-refractivity contribution in [1.29, 1.82) is 0 Å². The Labute approximate surface area is 179 Å². The predicted molar refractivity (Wildman–Crippen MR) is 117 cm³/mol. The fourth-order valence-corrected chi connectivity index (χ4v) is 4.16. The minimum Gasteiger partial charge on any atom is -0.459 e. The highest BCUT2D eigenvalue weighted by molar-refractivity contribution is 7.21. The summed E-state index contributed by atoms with van der Waals surface area (Å²) in [6.07, 6.45) is 1.44. The Balaban J connectivity index is 1.28. The van der Waals surface area contributed by atoms with Gasteiger partial charge in [0.05, 0.1) is 16.5 Å². The molecule has 3 aromatic heterocycles. The number of carbonyl (C=O) groups is 1. The molecule has 0 aliphatic carbocycles. The zero-order valence-electron chi connectivity index (χ0n) is 16.4. The van der Waals surface area contributed by atoms with E-state index in [0.29, 0.717) is 11.4 Å². The molecule has 0 bridgehead atoms. The second kappa shape index (κ2) is 7.69. The van der Waals surface area contributed by atoms with Gasteiger partial charge in [0.2, 0.25) is 5.91 Å². The maximum atomic E-state index is 12.3. The summed E-state index contributed by atoms with van der Waals surface area (Å²) in [7, 11) is 0. The minimum atomic E-state index is -0.733. The Bertz CT molecular complexity index is 1430.